The number of hydrogen-bond acceptors (Lipinski definition) is 5. The van der Waals surface area contributed by atoms with E-state index >= 15 is 0 Å². The molecule has 0 spiro atoms. The van der Waals surface area contributed by atoms with E-state index in [2.05, 4.69) is 15.7 Å². The Kier molecular flexibility index (Phi) is 6.62. The third-order valence-electron chi connectivity index (χ3n) is 4.06. The first kappa shape index (κ1) is 18.7. The number of nitrogens with one attached hydrogen (secondary N) is 2. The SMILES string of the molecule is CC(C)(C)OC(=O)NC1CCC(NCc2cnn(CCO)c2)CC1. The van der Waals surface area contributed by atoms with Crippen molar-refractivity contribution in [2.45, 2.75) is 77.2 Å². The second-order valence-corrected chi connectivity index (χ2v) is 7.41. The van der Waals surface area contributed by atoms with Gasteiger partial charge in [0.25, 0.3) is 0 Å². The first-order valence-electron chi connectivity index (χ1n) is 8.71. The lowest BCUT2D eigenvalue weighted by Gasteiger charge is -2.30. The summed E-state index contributed by atoms with van der Waals surface area (Å²) in [5.41, 5.74) is 0.668. The molecule has 0 radical (unpaired) electrons. The van der Waals surface area contributed by atoms with Crippen LogP contribution in [0, 0.1) is 0 Å². The van der Waals surface area contributed by atoms with Crippen LogP contribution < -0.4 is 10.6 Å². The van der Waals surface area contributed by atoms with E-state index in [1.165, 1.54) is 0 Å². The number of alkyl carbamates (subject to hydrolysis) is 1. The van der Waals surface area contributed by atoms with Crippen LogP contribution in [0.3, 0.4) is 0 Å². The molecule has 7 nitrogen and oxygen atoms in total. The molecule has 1 aliphatic carbocycles. The first-order chi connectivity index (χ1) is 11.4. The molecule has 1 fully saturated rings. The summed E-state index contributed by atoms with van der Waals surface area (Å²) in [6, 6.07) is 0.660. The van der Waals surface area contributed by atoms with Gasteiger partial charge in [0.05, 0.1) is 19.3 Å². The minimum atomic E-state index is -0.455. The molecule has 1 amide bonds. The Balaban J connectivity index is 1.66. The molecule has 0 saturated heterocycles. The molecule has 7 heteroatoms. The van der Waals surface area contributed by atoms with E-state index in [0.29, 0.717) is 12.6 Å². The highest BCUT2D eigenvalue weighted by atomic mass is 16.6. The van der Waals surface area contributed by atoms with Crippen molar-refractivity contribution in [1.82, 2.24) is 20.4 Å². The molecule has 2 rings (SSSR count). The van der Waals surface area contributed by atoms with Crippen LogP contribution in [0.15, 0.2) is 12.4 Å². The van der Waals surface area contributed by atoms with E-state index in [9.17, 15) is 4.79 Å². The Morgan fingerprint density at radius 2 is 2.00 bits per heavy atom. The van der Waals surface area contributed by atoms with Crippen molar-refractivity contribution < 1.29 is 14.6 Å². The largest absolute Gasteiger partial charge is 0.444 e. The normalized spacial score (nSPS) is 21.5. The van der Waals surface area contributed by atoms with Gasteiger partial charge in [-0.1, -0.05) is 0 Å². The van der Waals surface area contributed by atoms with Gasteiger partial charge in [-0.25, -0.2) is 4.79 Å². The summed E-state index contributed by atoms with van der Waals surface area (Å²) in [6.07, 6.45) is 7.45. The van der Waals surface area contributed by atoms with Crippen LogP contribution in [-0.4, -0.2) is 45.3 Å². The zero-order valence-corrected chi connectivity index (χ0v) is 14.9. The van der Waals surface area contributed by atoms with Crippen LogP contribution in [0.5, 0.6) is 0 Å². The summed E-state index contributed by atoms with van der Waals surface area (Å²) in [5, 5.41) is 19.6. The molecule has 0 aliphatic heterocycles. The average molecular weight is 338 g/mol. The Morgan fingerprint density at radius 3 is 2.62 bits per heavy atom. The zero-order valence-electron chi connectivity index (χ0n) is 14.9. The monoisotopic (exact) mass is 338 g/mol. The van der Waals surface area contributed by atoms with E-state index in [-0.39, 0.29) is 18.7 Å². The van der Waals surface area contributed by atoms with Crippen molar-refractivity contribution in [3.05, 3.63) is 18.0 Å². The third-order valence-corrected chi connectivity index (χ3v) is 4.06. The van der Waals surface area contributed by atoms with Gasteiger partial charge in [-0.2, -0.15) is 5.10 Å². The molecule has 0 unspecified atom stereocenters. The molecule has 24 heavy (non-hydrogen) atoms. The lowest BCUT2D eigenvalue weighted by atomic mass is 9.91. The maximum atomic E-state index is 11.8. The van der Waals surface area contributed by atoms with Crippen LogP contribution in [0.1, 0.15) is 52.0 Å². The van der Waals surface area contributed by atoms with Gasteiger partial charge in [0, 0.05) is 30.4 Å². The highest BCUT2D eigenvalue weighted by Crippen LogP contribution is 2.19. The molecule has 1 heterocycles. The molecule has 0 atom stereocenters. The van der Waals surface area contributed by atoms with Gasteiger partial charge in [0.2, 0.25) is 0 Å². The third kappa shape index (κ3) is 6.49. The molecule has 3 N–H and O–H groups in total. The summed E-state index contributed by atoms with van der Waals surface area (Å²) < 4.78 is 7.05. The van der Waals surface area contributed by atoms with Gasteiger partial charge in [-0.15, -0.1) is 0 Å². The molecule has 1 aromatic rings. The van der Waals surface area contributed by atoms with Crippen LogP contribution >= 0.6 is 0 Å². The van der Waals surface area contributed by atoms with Gasteiger partial charge in [0.1, 0.15) is 5.60 Å². The number of amides is 1. The van der Waals surface area contributed by atoms with Crippen molar-refractivity contribution in [3.63, 3.8) is 0 Å². The number of rotatable bonds is 6. The Hall–Kier alpha value is -1.60. The van der Waals surface area contributed by atoms with E-state index < -0.39 is 5.60 Å². The summed E-state index contributed by atoms with van der Waals surface area (Å²) in [7, 11) is 0. The lowest BCUT2D eigenvalue weighted by Crippen LogP contribution is -2.43. The minimum Gasteiger partial charge on any atom is -0.444 e. The number of carbonyl (C=O) groups is 1. The smallest absolute Gasteiger partial charge is 0.407 e. The average Bonchev–Trinajstić information content (AvgIpc) is 2.93. The summed E-state index contributed by atoms with van der Waals surface area (Å²) >= 11 is 0. The van der Waals surface area contributed by atoms with Crippen molar-refractivity contribution in [2.24, 2.45) is 0 Å². The van der Waals surface area contributed by atoms with Gasteiger partial charge in [0.15, 0.2) is 0 Å². The fourth-order valence-corrected chi connectivity index (χ4v) is 2.90. The topological polar surface area (TPSA) is 88.4 Å². The van der Waals surface area contributed by atoms with Gasteiger partial charge < -0.3 is 20.5 Å². The van der Waals surface area contributed by atoms with Crippen molar-refractivity contribution in [3.8, 4) is 0 Å². The number of aliphatic hydroxyl groups is 1. The molecule has 1 aromatic heterocycles. The number of hydrogen-bond donors (Lipinski definition) is 3. The van der Waals surface area contributed by atoms with E-state index in [4.69, 9.17) is 9.84 Å². The fraction of sp³-hybridized carbons (Fsp3) is 0.765. The van der Waals surface area contributed by atoms with Crippen LogP contribution in [0.2, 0.25) is 0 Å². The lowest BCUT2D eigenvalue weighted by molar-refractivity contribution is 0.0489. The Bertz CT molecular complexity index is 516. The maximum absolute atomic E-state index is 11.8. The number of ether oxygens (including phenoxy) is 1. The Morgan fingerprint density at radius 1 is 1.33 bits per heavy atom. The summed E-state index contributed by atoms with van der Waals surface area (Å²) in [4.78, 5) is 11.8. The molecule has 136 valence electrons. The quantitative estimate of drug-likeness (QED) is 0.736. The first-order valence-corrected chi connectivity index (χ1v) is 8.71. The Labute approximate surface area is 143 Å². The number of aliphatic hydroxyl groups excluding tert-OH is 1. The standard InChI is InChI=1S/C17H30N4O3/c1-17(2,3)24-16(23)20-15-6-4-14(5-7-15)18-10-13-11-19-21(12-13)8-9-22/h11-12,14-15,18,22H,4-10H2,1-3H3,(H,20,23). The molecule has 0 aromatic carbocycles. The van der Waals surface area contributed by atoms with Gasteiger partial charge >= 0.3 is 6.09 Å². The second-order valence-electron chi connectivity index (χ2n) is 7.41. The van der Waals surface area contributed by atoms with Crippen LogP contribution in [-0.2, 0) is 17.8 Å². The number of aromatic nitrogens is 2. The zero-order chi connectivity index (χ0) is 17.6. The van der Waals surface area contributed by atoms with Crippen molar-refractivity contribution in [2.75, 3.05) is 6.61 Å². The fourth-order valence-electron chi connectivity index (χ4n) is 2.90. The van der Waals surface area contributed by atoms with E-state index in [0.717, 1.165) is 37.8 Å². The predicted octanol–water partition coefficient (Wildman–Crippen LogP) is 1.80. The van der Waals surface area contributed by atoms with Crippen molar-refractivity contribution >= 4 is 6.09 Å². The number of carbonyl (C=O) groups excluding carboxylic acids is 1. The van der Waals surface area contributed by atoms with E-state index in [1.807, 2.05) is 33.2 Å². The summed E-state index contributed by atoms with van der Waals surface area (Å²) in [6.45, 7) is 7.02. The van der Waals surface area contributed by atoms with E-state index in [1.54, 1.807) is 4.68 Å². The molecule has 1 saturated carbocycles. The number of nitrogens with zero attached hydrogens (tertiary/aromatic N) is 2. The highest BCUT2D eigenvalue weighted by Gasteiger charge is 2.24. The van der Waals surface area contributed by atoms with Gasteiger partial charge in [-0.05, 0) is 46.5 Å². The summed E-state index contributed by atoms with van der Waals surface area (Å²) in [5.74, 6) is 0. The van der Waals surface area contributed by atoms with Crippen molar-refractivity contribution in [1.29, 1.82) is 0 Å². The van der Waals surface area contributed by atoms with Gasteiger partial charge in [-0.3, -0.25) is 4.68 Å². The van der Waals surface area contributed by atoms with Crippen LogP contribution in [0.25, 0.3) is 0 Å². The highest BCUT2D eigenvalue weighted by molar-refractivity contribution is 5.68. The maximum Gasteiger partial charge on any atom is 0.407 e. The molecular formula is C17H30N4O3. The molecular weight excluding hydrogens is 308 g/mol. The minimum absolute atomic E-state index is 0.100. The van der Waals surface area contributed by atoms with Crippen LogP contribution in [0.4, 0.5) is 4.79 Å². The predicted molar refractivity (Wildman–Crippen MR) is 91.6 cm³/mol. The second kappa shape index (κ2) is 8.48. The molecule has 1 aliphatic rings. The molecule has 0 bridgehead atoms.